The van der Waals surface area contributed by atoms with Crippen LogP contribution in [0.4, 0.5) is 5.82 Å². The summed E-state index contributed by atoms with van der Waals surface area (Å²) in [4.78, 5) is 15.4. The maximum atomic E-state index is 6.17. The lowest BCUT2D eigenvalue weighted by molar-refractivity contribution is 0.171. The quantitative estimate of drug-likeness (QED) is 0.727. The van der Waals surface area contributed by atoms with Gasteiger partial charge in [-0.3, -0.25) is 4.98 Å². The molecule has 1 aliphatic rings. The molecule has 3 aromatic rings. The van der Waals surface area contributed by atoms with Gasteiger partial charge in [-0.05, 0) is 24.3 Å². The molecule has 1 fully saturated rings. The molecule has 1 aliphatic heterocycles. The highest BCUT2D eigenvalue weighted by Gasteiger charge is 2.22. The van der Waals surface area contributed by atoms with Gasteiger partial charge in [-0.2, -0.15) is 0 Å². The highest BCUT2D eigenvalue weighted by Crippen LogP contribution is 2.27. The molecule has 0 aliphatic carbocycles. The van der Waals surface area contributed by atoms with Gasteiger partial charge in [0, 0.05) is 38.3 Å². The van der Waals surface area contributed by atoms with Crippen molar-refractivity contribution < 1.29 is 4.74 Å². The summed E-state index contributed by atoms with van der Waals surface area (Å²) in [5, 5.41) is 0.662. The molecule has 0 bridgehead atoms. The largest absolute Gasteiger partial charge is 0.489 e. The minimum absolute atomic E-state index is 0.182. The minimum Gasteiger partial charge on any atom is -0.489 e. The highest BCUT2D eigenvalue weighted by molar-refractivity contribution is 6.32. The molecule has 6 heteroatoms. The summed E-state index contributed by atoms with van der Waals surface area (Å²) in [6.07, 6.45) is 5.40. The first-order valence-electron chi connectivity index (χ1n) is 8.03. The van der Waals surface area contributed by atoms with Crippen LogP contribution in [0.1, 0.15) is 12.8 Å². The van der Waals surface area contributed by atoms with E-state index in [0.29, 0.717) is 10.7 Å². The molecule has 1 saturated heterocycles. The van der Waals surface area contributed by atoms with Crippen LogP contribution in [-0.2, 0) is 0 Å². The van der Waals surface area contributed by atoms with Gasteiger partial charge in [-0.25, -0.2) is 9.97 Å². The Morgan fingerprint density at radius 1 is 1.00 bits per heavy atom. The number of benzene rings is 1. The molecular weight excluding hydrogens is 324 g/mol. The van der Waals surface area contributed by atoms with Crippen molar-refractivity contribution in [2.24, 2.45) is 0 Å². The third-order valence-electron chi connectivity index (χ3n) is 4.21. The normalized spacial score (nSPS) is 15.6. The van der Waals surface area contributed by atoms with Gasteiger partial charge in [0.15, 0.2) is 5.65 Å². The molecule has 0 N–H and O–H groups in total. The fourth-order valence-corrected chi connectivity index (χ4v) is 3.12. The molecule has 3 heterocycles. The zero-order valence-electron chi connectivity index (χ0n) is 13.1. The van der Waals surface area contributed by atoms with Crippen molar-refractivity contribution in [3.8, 4) is 5.75 Å². The number of hydrogen-bond donors (Lipinski definition) is 0. The van der Waals surface area contributed by atoms with Crippen molar-refractivity contribution in [2.75, 3.05) is 18.0 Å². The van der Waals surface area contributed by atoms with E-state index in [0.717, 1.165) is 43.0 Å². The van der Waals surface area contributed by atoms with E-state index < -0.39 is 0 Å². The fourth-order valence-electron chi connectivity index (χ4n) is 2.94. The van der Waals surface area contributed by atoms with Crippen molar-refractivity contribution >= 4 is 28.6 Å². The number of piperidine rings is 1. The number of ether oxygens (including phenoxy) is 1. The Morgan fingerprint density at radius 3 is 2.62 bits per heavy atom. The number of aromatic nitrogens is 3. The van der Waals surface area contributed by atoms with Gasteiger partial charge in [-0.15, -0.1) is 0 Å². The Kier molecular flexibility index (Phi) is 4.17. The van der Waals surface area contributed by atoms with E-state index >= 15 is 0 Å². The zero-order valence-corrected chi connectivity index (χ0v) is 13.9. The number of pyridine rings is 1. The van der Waals surface area contributed by atoms with E-state index in [1.165, 1.54) is 0 Å². The van der Waals surface area contributed by atoms with E-state index in [-0.39, 0.29) is 6.10 Å². The summed E-state index contributed by atoms with van der Waals surface area (Å²) in [5.41, 5.74) is 1.50. The second-order valence-electron chi connectivity index (χ2n) is 5.80. The van der Waals surface area contributed by atoms with Crippen molar-refractivity contribution in [1.82, 2.24) is 15.0 Å². The van der Waals surface area contributed by atoms with Crippen LogP contribution in [0.2, 0.25) is 5.02 Å². The average molecular weight is 341 g/mol. The van der Waals surface area contributed by atoms with Crippen LogP contribution in [0.25, 0.3) is 11.2 Å². The summed E-state index contributed by atoms with van der Waals surface area (Å²) in [6.45, 7) is 1.79. The third kappa shape index (κ3) is 3.12. The first-order chi connectivity index (χ1) is 11.8. The maximum absolute atomic E-state index is 6.17. The minimum atomic E-state index is 0.182. The summed E-state index contributed by atoms with van der Waals surface area (Å²) < 4.78 is 6.04. The fraction of sp³-hybridized carbons (Fsp3) is 0.278. The lowest BCUT2D eigenvalue weighted by atomic mass is 10.1. The molecule has 4 rings (SSSR count). The third-order valence-corrected chi connectivity index (χ3v) is 4.53. The van der Waals surface area contributed by atoms with Crippen LogP contribution in [0.3, 0.4) is 0 Å². The molecule has 2 aromatic heterocycles. The van der Waals surface area contributed by atoms with Crippen molar-refractivity contribution in [3.63, 3.8) is 0 Å². The van der Waals surface area contributed by atoms with Gasteiger partial charge in [0.2, 0.25) is 0 Å². The van der Waals surface area contributed by atoms with Crippen LogP contribution in [0, 0.1) is 0 Å². The Balaban J connectivity index is 1.42. The van der Waals surface area contributed by atoms with Gasteiger partial charge in [0.1, 0.15) is 23.2 Å². The van der Waals surface area contributed by atoms with Crippen LogP contribution in [0.15, 0.2) is 48.8 Å². The van der Waals surface area contributed by atoms with Gasteiger partial charge in [0.25, 0.3) is 0 Å². The van der Waals surface area contributed by atoms with E-state index in [9.17, 15) is 0 Å². The van der Waals surface area contributed by atoms with E-state index in [2.05, 4.69) is 19.9 Å². The molecule has 0 amide bonds. The molecule has 0 spiro atoms. The van der Waals surface area contributed by atoms with Crippen molar-refractivity contribution in [3.05, 3.63) is 53.8 Å². The molecule has 0 radical (unpaired) electrons. The second kappa shape index (κ2) is 6.61. The SMILES string of the molecule is Clc1ccccc1OC1CCN(c2ccc3nccnc3n2)CC1. The monoisotopic (exact) mass is 340 g/mol. The lowest BCUT2D eigenvalue weighted by Gasteiger charge is -2.33. The first kappa shape index (κ1) is 15.1. The summed E-state index contributed by atoms with van der Waals surface area (Å²) in [6, 6.07) is 11.6. The number of rotatable bonds is 3. The van der Waals surface area contributed by atoms with E-state index in [1.807, 2.05) is 36.4 Å². The standard InChI is InChI=1S/C18H17ClN4O/c19-14-3-1-2-4-16(14)24-13-7-11-23(12-8-13)17-6-5-15-18(22-17)21-10-9-20-15/h1-6,9-10,13H,7-8,11-12H2. The second-order valence-corrected chi connectivity index (χ2v) is 6.21. The Morgan fingerprint density at radius 2 is 1.79 bits per heavy atom. The summed E-state index contributed by atoms with van der Waals surface area (Å²) in [5.74, 6) is 1.70. The van der Waals surface area contributed by atoms with Crippen molar-refractivity contribution in [2.45, 2.75) is 18.9 Å². The number of anilines is 1. The Hall–Kier alpha value is -2.40. The first-order valence-corrected chi connectivity index (χ1v) is 8.41. The van der Waals surface area contributed by atoms with Gasteiger partial charge >= 0.3 is 0 Å². The summed E-state index contributed by atoms with van der Waals surface area (Å²) >= 11 is 6.17. The molecule has 5 nitrogen and oxygen atoms in total. The zero-order chi connectivity index (χ0) is 16.4. The molecule has 122 valence electrons. The van der Waals surface area contributed by atoms with Gasteiger partial charge < -0.3 is 9.64 Å². The lowest BCUT2D eigenvalue weighted by Crippen LogP contribution is -2.38. The number of para-hydroxylation sites is 1. The molecule has 0 atom stereocenters. The number of nitrogens with zero attached hydrogens (tertiary/aromatic N) is 4. The van der Waals surface area contributed by atoms with Crippen LogP contribution in [0.5, 0.6) is 5.75 Å². The van der Waals surface area contributed by atoms with Crippen LogP contribution < -0.4 is 9.64 Å². The van der Waals surface area contributed by atoms with Crippen LogP contribution >= 0.6 is 11.6 Å². The van der Waals surface area contributed by atoms with Crippen LogP contribution in [-0.4, -0.2) is 34.1 Å². The number of fused-ring (bicyclic) bond motifs is 1. The molecule has 1 aromatic carbocycles. The van der Waals surface area contributed by atoms with Gasteiger partial charge in [-0.1, -0.05) is 23.7 Å². The van der Waals surface area contributed by atoms with Gasteiger partial charge in [0.05, 0.1) is 5.02 Å². The molecular formula is C18H17ClN4O. The average Bonchev–Trinajstić information content (AvgIpc) is 2.64. The maximum Gasteiger partial charge on any atom is 0.180 e. The van der Waals surface area contributed by atoms with Crippen molar-refractivity contribution in [1.29, 1.82) is 0 Å². The predicted molar refractivity (Wildman–Crippen MR) is 94.6 cm³/mol. The van der Waals surface area contributed by atoms with E-state index in [4.69, 9.17) is 16.3 Å². The molecule has 0 unspecified atom stereocenters. The summed E-state index contributed by atoms with van der Waals surface area (Å²) in [7, 11) is 0. The highest BCUT2D eigenvalue weighted by atomic mass is 35.5. The topological polar surface area (TPSA) is 51.1 Å². The Bertz CT molecular complexity index is 849. The smallest absolute Gasteiger partial charge is 0.180 e. The number of hydrogen-bond acceptors (Lipinski definition) is 5. The van der Waals surface area contributed by atoms with E-state index in [1.54, 1.807) is 12.4 Å². The number of halogens is 1. The predicted octanol–water partition coefficient (Wildman–Crippen LogP) is 3.73. The Labute approximate surface area is 145 Å². The molecule has 24 heavy (non-hydrogen) atoms. The molecule has 0 saturated carbocycles.